The van der Waals surface area contributed by atoms with Crippen molar-refractivity contribution in [1.29, 1.82) is 0 Å². The van der Waals surface area contributed by atoms with Crippen molar-refractivity contribution in [3.63, 3.8) is 0 Å². The molecule has 0 radical (unpaired) electrons. The Morgan fingerprint density at radius 1 is 1.26 bits per heavy atom. The van der Waals surface area contributed by atoms with Gasteiger partial charge in [0, 0.05) is 18.2 Å². The highest BCUT2D eigenvalue weighted by Gasteiger charge is 2.65. The molecule has 34 heavy (non-hydrogen) atoms. The molecule has 1 heterocycles. The molecule has 3 atom stereocenters. The number of carbonyl (C=O) groups excluding carboxylic acids is 1. The van der Waals surface area contributed by atoms with E-state index in [9.17, 15) is 22.0 Å². The molecule has 1 aromatic carbocycles. The fraction of sp³-hybridized carbons (Fsp3) is 0.542. The first-order valence-corrected chi connectivity index (χ1v) is 13.4. The van der Waals surface area contributed by atoms with Crippen LogP contribution in [0.3, 0.4) is 0 Å². The monoisotopic (exact) mass is 493 g/mol. The minimum absolute atomic E-state index is 0.00447. The fourth-order valence-electron chi connectivity index (χ4n) is 5.44. The smallest absolute Gasteiger partial charge is 0.249 e. The van der Waals surface area contributed by atoms with Crippen LogP contribution in [0.15, 0.2) is 24.3 Å². The molecular weight excluding hydrogens is 464 g/mol. The number of nitrogens with one attached hydrogen (secondary N) is 1. The Kier molecular flexibility index (Phi) is 6.27. The summed E-state index contributed by atoms with van der Waals surface area (Å²) in [6.07, 6.45) is 2.09. The maximum absolute atomic E-state index is 14.4. The number of benzene rings is 1. The van der Waals surface area contributed by atoms with Crippen molar-refractivity contribution in [3.8, 4) is 11.3 Å². The molecule has 1 amide bonds. The van der Waals surface area contributed by atoms with Crippen molar-refractivity contribution in [2.45, 2.75) is 57.7 Å². The van der Waals surface area contributed by atoms with Gasteiger partial charge in [0.2, 0.25) is 5.91 Å². The molecule has 1 saturated carbocycles. The van der Waals surface area contributed by atoms with Gasteiger partial charge < -0.3 is 10.1 Å². The van der Waals surface area contributed by atoms with Crippen LogP contribution in [0, 0.1) is 17.0 Å². The molecular formula is C24H29F2N3O4S. The molecule has 2 aliphatic carbocycles. The quantitative estimate of drug-likeness (QED) is 0.605. The normalized spacial score (nSPS) is 23.5. The molecule has 4 rings (SSSR count). The van der Waals surface area contributed by atoms with E-state index in [1.807, 2.05) is 20.8 Å². The number of nitrogens with zero attached hydrogens (tertiary/aromatic N) is 2. The molecule has 1 unspecified atom stereocenters. The minimum Gasteiger partial charge on any atom is -0.355 e. The average Bonchev–Trinajstić information content (AvgIpc) is 3.11. The first-order chi connectivity index (χ1) is 15.9. The number of hydrogen-bond donors (Lipinski definition) is 1. The van der Waals surface area contributed by atoms with Crippen molar-refractivity contribution in [2.24, 2.45) is 5.41 Å². The van der Waals surface area contributed by atoms with Gasteiger partial charge in [0.25, 0.3) is 0 Å². The third kappa shape index (κ3) is 4.00. The van der Waals surface area contributed by atoms with Gasteiger partial charge >= 0.3 is 0 Å². The van der Waals surface area contributed by atoms with Gasteiger partial charge in [-0.25, -0.2) is 17.2 Å². The van der Waals surface area contributed by atoms with Gasteiger partial charge in [-0.2, -0.15) is 5.10 Å². The minimum atomic E-state index is -3.20. The van der Waals surface area contributed by atoms with Crippen LogP contribution in [0.5, 0.6) is 0 Å². The van der Waals surface area contributed by atoms with E-state index in [-0.39, 0.29) is 35.4 Å². The lowest BCUT2D eigenvalue weighted by Gasteiger charge is -2.40. The summed E-state index contributed by atoms with van der Waals surface area (Å²) in [7, 11) is -3.20. The van der Waals surface area contributed by atoms with Crippen molar-refractivity contribution in [2.75, 3.05) is 18.6 Å². The summed E-state index contributed by atoms with van der Waals surface area (Å²) in [5.74, 6) is -1.93. The van der Waals surface area contributed by atoms with E-state index in [0.717, 1.165) is 18.2 Å². The summed E-state index contributed by atoms with van der Waals surface area (Å²) >= 11 is 0. The van der Waals surface area contributed by atoms with Gasteiger partial charge in [-0.05, 0) is 48.9 Å². The Morgan fingerprint density at radius 2 is 1.94 bits per heavy atom. The second-order valence-corrected chi connectivity index (χ2v) is 12.0. The zero-order chi connectivity index (χ0) is 24.9. The van der Waals surface area contributed by atoms with Gasteiger partial charge in [-0.3, -0.25) is 4.79 Å². The predicted molar refractivity (Wildman–Crippen MR) is 123 cm³/mol. The highest BCUT2D eigenvalue weighted by atomic mass is 32.2. The largest absolute Gasteiger partial charge is 0.355 e. The predicted octanol–water partition coefficient (Wildman–Crippen LogP) is 3.49. The Bertz CT molecular complexity index is 1210. The molecule has 2 bridgehead atoms. The zero-order valence-corrected chi connectivity index (χ0v) is 20.5. The number of ether oxygens (including phenoxy) is 1. The molecule has 1 aromatic heterocycles. The number of hydrogen-bond acceptors (Lipinski definition) is 6. The summed E-state index contributed by atoms with van der Waals surface area (Å²) in [6.45, 7) is 5.92. The molecule has 1 N–H and O–H groups in total. The second kappa shape index (κ2) is 8.64. The van der Waals surface area contributed by atoms with Gasteiger partial charge in [0.05, 0.1) is 22.7 Å². The van der Waals surface area contributed by atoms with E-state index >= 15 is 0 Å². The topological polar surface area (TPSA) is 98.2 Å². The lowest BCUT2D eigenvalue weighted by Crippen LogP contribution is -2.47. The van der Waals surface area contributed by atoms with Crippen molar-refractivity contribution in [3.05, 3.63) is 47.2 Å². The summed E-state index contributed by atoms with van der Waals surface area (Å²) < 4.78 is 58.0. The number of sulfone groups is 1. The first-order valence-electron chi connectivity index (χ1n) is 11.4. The van der Waals surface area contributed by atoms with Gasteiger partial charge in [-0.15, -0.1) is 5.10 Å². The van der Waals surface area contributed by atoms with Crippen LogP contribution in [-0.4, -0.2) is 49.2 Å². The molecule has 10 heteroatoms. The molecule has 0 spiro atoms. The molecule has 0 aliphatic heterocycles. The highest BCUT2D eigenvalue weighted by Crippen LogP contribution is 2.68. The maximum Gasteiger partial charge on any atom is 0.249 e. The summed E-state index contributed by atoms with van der Waals surface area (Å²) in [4.78, 5) is 12.8. The summed E-state index contributed by atoms with van der Waals surface area (Å²) in [6, 6.07) is 5.35. The van der Waals surface area contributed by atoms with Crippen LogP contribution in [0.4, 0.5) is 8.78 Å². The molecule has 1 fully saturated rings. The molecule has 2 aromatic rings. The zero-order valence-electron chi connectivity index (χ0n) is 19.7. The Labute approximate surface area is 198 Å². The third-order valence-electron chi connectivity index (χ3n) is 7.28. The first kappa shape index (κ1) is 24.7. The van der Waals surface area contributed by atoms with E-state index < -0.39 is 38.6 Å². The lowest BCUT2D eigenvalue weighted by atomic mass is 9.77. The number of amides is 1. The number of fused-ring (bicyclic) bond motifs is 5. The van der Waals surface area contributed by atoms with Crippen LogP contribution in [-0.2, 0) is 25.0 Å². The van der Waals surface area contributed by atoms with Crippen LogP contribution in [0.2, 0.25) is 0 Å². The Hall–Kier alpha value is -2.46. The third-order valence-corrected chi connectivity index (χ3v) is 8.22. The molecule has 2 aliphatic rings. The van der Waals surface area contributed by atoms with Crippen LogP contribution in [0.25, 0.3) is 11.3 Å². The van der Waals surface area contributed by atoms with Gasteiger partial charge in [0.15, 0.2) is 0 Å². The van der Waals surface area contributed by atoms with Crippen molar-refractivity contribution < 1.29 is 26.7 Å². The summed E-state index contributed by atoms with van der Waals surface area (Å²) in [5, 5.41) is 11.2. The van der Waals surface area contributed by atoms with E-state index in [1.54, 1.807) is 6.07 Å². The van der Waals surface area contributed by atoms with E-state index in [0.29, 0.717) is 18.5 Å². The number of halogens is 2. The SMILES string of the molecule is CCC(O[C@@]12CC[C@@H](c3cc(-c4c(F)cccc4F)nnc31)C2(C)C)C(=O)NCCS(C)(=O)=O. The maximum atomic E-state index is 14.4. The van der Waals surface area contributed by atoms with Crippen molar-refractivity contribution in [1.82, 2.24) is 15.5 Å². The van der Waals surface area contributed by atoms with Crippen molar-refractivity contribution >= 4 is 15.7 Å². The van der Waals surface area contributed by atoms with Crippen LogP contribution in [0.1, 0.15) is 57.2 Å². The van der Waals surface area contributed by atoms with E-state index in [1.165, 1.54) is 18.2 Å². The molecule has 7 nitrogen and oxygen atoms in total. The Balaban J connectivity index is 1.66. The fourth-order valence-corrected chi connectivity index (χ4v) is 5.91. The van der Waals surface area contributed by atoms with Gasteiger partial charge in [0.1, 0.15) is 33.2 Å². The van der Waals surface area contributed by atoms with Crippen LogP contribution < -0.4 is 5.32 Å². The second-order valence-electron chi connectivity index (χ2n) is 9.71. The number of carbonyl (C=O) groups is 1. The number of rotatable bonds is 8. The Morgan fingerprint density at radius 3 is 2.56 bits per heavy atom. The standard InChI is InChI=1S/C24H29F2N3O4S/c1-5-19(22(30)27-11-12-34(4,31)32)33-24-10-9-15(23(24,2)3)14-13-18(28-29-21(14)24)20-16(25)7-6-8-17(20)26/h6-8,13,15,19H,5,9-12H2,1-4H3,(H,27,30)/t15-,19?,24-/m0/s1. The molecule has 184 valence electrons. The highest BCUT2D eigenvalue weighted by molar-refractivity contribution is 7.90. The van der Waals surface area contributed by atoms with E-state index in [4.69, 9.17) is 4.74 Å². The van der Waals surface area contributed by atoms with E-state index in [2.05, 4.69) is 15.5 Å². The number of aromatic nitrogens is 2. The summed E-state index contributed by atoms with van der Waals surface area (Å²) in [5.41, 5.74) is 0.00853. The molecule has 0 saturated heterocycles. The van der Waals surface area contributed by atoms with Gasteiger partial charge in [-0.1, -0.05) is 26.8 Å². The average molecular weight is 494 g/mol. The van der Waals surface area contributed by atoms with Crippen LogP contribution >= 0.6 is 0 Å². The lowest BCUT2D eigenvalue weighted by molar-refractivity contribution is -0.168.